The predicted molar refractivity (Wildman–Crippen MR) is 119 cm³/mol. The van der Waals surface area contributed by atoms with E-state index in [0.29, 0.717) is 48.1 Å². The van der Waals surface area contributed by atoms with E-state index < -0.39 is 0 Å². The second kappa shape index (κ2) is 11.5. The van der Waals surface area contributed by atoms with E-state index in [-0.39, 0.29) is 11.5 Å². The van der Waals surface area contributed by atoms with Crippen LogP contribution in [0.5, 0.6) is 5.75 Å². The first kappa shape index (κ1) is 22.8. The van der Waals surface area contributed by atoms with Gasteiger partial charge in [-0.15, -0.1) is 9.24 Å². The van der Waals surface area contributed by atoms with E-state index in [1.165, 1.54) is 0 Å². The number of hydrogen-bond acceptors (Lipinski definition) is 5. The fourth-order valence-electron chi connectivity index (χ4n) is 2.38. The maximum Gasteiger partial charge on any atom is 0.147 e. The summed E-state index contributed by atoms with van der Waals surface area (Å²) in [6.07, 6.45) is 7.85. The Hall–Kier alpha value is -2.26. The Morgan fingerprint density at radius 3 is 2.70 bits per heavy atom. The summed E-state index contributed by atoms with van der Waals surface area (Å²) in [7, 11) is 2.49. The molecule has 5 nitrogen and oxygen atoms in total. The molecule has 1 unspecified atom stereocenters. The zero-order chi connectivity index (χ0) is 20.4. The lowest BCUT2D eigenvalue weighted by Gasteiger charge is -2.11. The normalized spacial score (nSPS) is 14.9. The molecule has 0 radical (unpaired) electrons. The SMILES string of the molecule is CC.CCC(=O)CCc1cc(P)c(O)c(N/N=C2/C=CC(C)=CCC2=N)c1. The van der Waals surface area contributed by atoms with Crippen molar-refractivity contribution in [2.75, 3.05) is 5.43 Å². The van der Waals surface area contributed by atoms with Crippen LogP contribution in [0.25, 0.3) is 0 Å². The summed E-state index contributed by atoms with van der Waals surface area (Å²) < 4.78 is 0. The second-order valence-electron chi connectivity index (χ2n) is 6.05. The number of aryl methyl sites for hydroxylation is 1. The lowest BCUT2D eigenvalue weighted by Crippen LogP contribution is -2.11. The lowest BCUT2D eigenvalue weighted by atomic mass is 10.1. The Balaban J connectivity index is 0.00000176. The first-order chi connectivity index (χ1) is 12.9. The molecule has 0 amide bonds. The van der Waals surface area contributed by atoms with Gasteiger partial charge in [-0.1, -0.05) is 38.5 Å². The van der Waals surface area contributed by atoms with Crippen molar-refractivity contribution in [1.29, 1.82) is 5.41 Å². The molecule has 1 aliphatic rings. The van der Waals surface area contributed by atoms with Crippen LogP contribution in [0.15, 0.2) is 41.0 Å². The zero-order valence-corrected chi connectivity index (χ0v) is 17.7. The van der Waals surface area contributed by atoms with E-state index in [0.717, 1.165) is 11.1 Å². The van der Waals surface area contributed by atoms with Crippen molar-refractivity contribution in [3.05, 3.63) is 41.5 Å². The number of nitrogens with one attached hydrogen (secondary N) is 2. The van der Waals surface area contributed by atoms with E-state index in [9.17, 15) is 9.90 Å². The number of hydrogen-bond donors (Lipinski definition) is 3. The van der Waals surface area contributed by atoms with Crippen molar-refractivity contribution in [3.63, 3.8) is 0 Å². The zero-order valence-electron chi connectivity index (χ0n) is 16.6. The molecular formula is C21H30N3O2P. The van der Waals surface area contributed by atoms with Crippen molar-refractivity contribution < 1.29 is 9.90 Å². The highest BCUT2D eigenvalue weighted by atomic mass is 31.0. The molecular weight excluding hydrogens is 357 g/mol. The van der Waals surface area contributed by atoms with Crippen LogP contribution >= 0.6 is 9.24 Å². The molecule has 0 heterocycles. The number of ketones is 1. The van der Waals surface area contributed by atoms with Crippen LogP contribution < -0.4 is 10.7 Å². The Bertz CT molecular complexity index is 780. The number of rotatable bonds is 6. The fraction of sp³-hybridized carbons (Fsp3) is 0.381. The first-order valence-electron chi connectivity index (χ1n) is 9.30. The summed E-state index contributed by atoms with van der Waals surface area (Å²) >= 11 is 0. The van der Waals surface area contributed by atoms with E-state index in [1.807, 2.05) is 45.9 Å². The Kier molecular flexibility index (Phi) is 9.66. The van der Waals surface area contributed by atoms with Gasteiger partial charge in [0.05, 0.1) is 11.4 Å². The fourth-order valence-corrected chi connectivity index (χ4v) is 2.75. The number of phenolic OH excluding ortho intramolecular Hbond substituents is 1. The largest absolute Gasteiger partial charge is 0.505 e. The number of Topliss-reactive ketones (excluding diaryl/α,β-unsaturated/α-hetero) is 1. The van der Waals surface area contributed by atoms with Crippen molar-refractivity contribution in [3.8, 4) is 5.75 Å². The third-order valence-electron chi connectivity index (χ3n) is 4.02. The molecule has 1 aromatic carbocycles. The van der Waals surface area contributed by atoms with Gasteiger partial charge in [-0.3, -0.25) is 10.2 Å². The summed E-state index contributed by atoms with van der Waals surface area (Å²) in [5.74, 6) is 0.311. The molecule has 0 saturated heterocycles. The van der Waals surface area contributed by atoms with Crippen LogP contribution in [-0.4, -0.2) is 22.3 Å². The molecule has 0 spiro atoms. The van der Waals surface area contributed by atoms with E-state index in [1.54, 1.807) is 12.1 Å². The predicted octanol–water partition coefficient (Wildman–Crippen LogP) is 4.52. The van der Waals surface area contributed by atoms with Crippen LogP contribution in [0.4, 0.5) is 5.69 Å². The Morgan fingerprint density at radius 1 is 1.33 bits per heavy atom. The number of benzene rings is 1. The molecule has 0 aromatic heterocycles. The van der Waals surface area contributed by atoms with Crippen molar-refractivity contribution >= 4 is 37.4 Å². The van der Waals surface area contributed by atoms with Gasteiger partial charge in [-0.2, -0.15) is 5.10 Å². The molecule has 0 bridgehead atoms. The number of anilines is 1. The minimum Gasteiger partial charge on any atom is -0.505 e. The number of allylic oxidation sites excluding steroid dienone is 4. The molecule has 1 atom stereocenters. The summed E-state index contributed by atoms with van der Waals surface area (Å²) in [5.41, 5.74) is 6.32. The highest BCUT2D eigenvalue weighted by molar-refractivity contribution is 7.27. The Labute approximate surface area is 164 Å². The van der Waals surface area contributed by atoms with Crippen LogP contribution in [0.2, 0.25) is 0 Å². The minimum absolute atomic E-state index is 0.0957. The first-order valence-corrected chi connectivity index (χ1v) is 9.87. The van der Waals surface area contributed by atoms with Gasteiger partial charge in [0, 0.05) is 24.6 Å². The number of carbonyl (C=O) groups excluding carboxylic acids is 1. The number of hydrazone groups is 1. The van der Waals surface area contributed by atoms with Gasteiger partial charge in [0.15, 0.2) is 0 Å². The van der Waals surface area contributed by atoms with Crippen LogP contribution in [0, 0.1) is 5.41 Å². The number of phenols is 1. The van der Waals surface area contributed by atoms with Crippen LogP contribution in [-0.2, 0) is 11.2 Å². The van der Waals surface area contributed by atoms with Gasteiger partial charge in [-0.05, 0) is 37.1 Å². The summed E-state index contributed by atoms with van der Waals surface area (Å²) in [4.78, 5) is 11.5. The van der Waals surface area contributed by atoms with Crippen molar-refractivity contribution in [2.45, 2.75) is 53.4 Å². The molecule has 27 heavy (non-hydrogen) atoms. The minimum atomic E-state index is 0.0957. The van der Waals surface area contributed by atoms with E-state index >= 15 is 0 Å². The summed E-state index contributed by atoms with van der Waals surface area (Å²) in [5, 5.41) is 23.2. The molecule has 1 aromatic rings. The van der Waals surface area contributed by atoms with Crippen molar-refractivity contribution in [1.82, 2.24) is 0 Å². The molecule has 3 N–H and O–H groups in total. The van der Waals surface area contributed by atoms with E-state index in [4.69, 9.17) is 5.41 Å². The van der Waals surface area contributed by atoms with Crippen molar-refractivity contribution in [2.24, 2.45) is 5.10 Å². The topological polar surface area (TPSA) is 85.5 Å². The second-order valence-corrected chi connectivity index (χ2v) is 6.67. The van der Waals surface area contributed by atoms with Gasteiger partial charge in [0.1, 0.15) is 17.2 Å². The maximum absolute atomic E-state index is 11.5. The number of aromatic hydroxyl groups is 1. The number of nitrogens with zero attached hydrogens (tertiary/aromatic N) is 1. The average molecular weight is 387 g/mol. The third-order valence-corrected chi connectivity index (χ3v) is 4.46. The highest BCUT2D eigenvalue weighted by Gasteiger charge is 2.10. The van der Waals surface area contributed by atoms with Gasteiger partial charge in [-0.25, -0.2) is 0 Å². The molecule has 0 aliphatic heterocycles. The average Bonchev–Trinajstić information content (AvgIpc) is 2.84. The van der Waals surface area contributed by atoms with E-state index in [2.05, 4.69) is 19.8 Å². The number of carbonyl (C=O) groups is 1. The van der Waals surface area contributed by atoms with Gasteiger partial charge >= 0.3 is 0 Å². The molecule has 1 aliphatic carbocycles. The standard InChI is InChI=1S/C19H24N3O2P.C2H6/c1-3-14(23)7-6-13-10-17(19(24)18(25)11-13)22-21-16-9-5-12(2)4-8-15(16)20;1-2/h4-5,9-11,20,22,24H,3,6-8,25H2,1-2H3;1-2H3/b20-15?,21-16-;. The quantitative estimate of drug-likeness (QED) is 0.381. The lowest BCUT2D eigenvalue weighted by molar-refractivity contribution is -0.118. The molecule has 2 rings (SSSR count). The highest BCUT2D eigenvalue weighted by Crippen LogP contribution is 2.25. The van der Waals surface area contributed by atoms with Gasteiger partial charge in [0.25, 0.3) is 0 Å². The monoisotopic (exact) mass is 387 g/mol. The third kappa shape index (κ3) is 7.10. The maximum atomic E-state index is 11.5. The van der Waals surface area contributed by atoms with Gasteiger partial charge < -0.3 is 10.5 Å². The molecule has 6 heteroatoms. The molecule has 0 fully saturated rings. The molecule has 0 saturated carbocycles. The molecule has 146 valence electrons. The van der Waals surface area contributed by atoms with Crippen LogP contribution in [0.3, 0.4) is 0 Å². The smallest absolute Gasteiger partial charge is 0.147 e. The summed E-state index contributed by atoms with van der Waals surface area (Å²) in [6, 6.07) is 3.64. The summed E-state index contributed by atoms with van der Waals surface area (Å²) in [6.45, 7) is 7.84. The van der Waals surface area contributed by atoms with Gasteiger partial charge in [0.2, 0.25) is 0 Å². The van der Waals surface area contributed by atoms with Crippen LogP contribution in [0.1, 0.15) is 52.5 Å². The Morgan fingerprint density at radius 2 is 2.04 bits per heavy atom.